The third-order valence-corrected chi connectivity index (χ3v) is 4.18. The van der Waals surface area contributed by atoms with Crippen LogP contribution in [0.5, 0.6) is 11.5 Å². The highest BCUT2D eigenvalue weighted by Crippen LogP contribution is 2.27. The molecule has 2 unspecified atom stereocenters. The number of nitrogens with zero attached hydrogens (tertiary/aromatic N) is 1. The first kappa shape index (κ1) is 15.1. The van der Waals surface area contributed by atoms with Crippen molar-refractivity contribution < 1.29 is 9.47 Å². The Labute approximate surface area is 122 Å². The molecule has 1 aliphatic heterocycles. The molecule has 0 radical (unpaired) electrons. The SMILES string of the molecule is COc1ccc(CCNC2CC(C)N(C)C2)cc1OC. The van der Waals surface area contributed by atoms with E-state index in [1.54, 1.807) is 14.2 Å². The minimum Gasteiger partial charge on any atom is -0.493 e. The van der Waals surface area contributed by atoms with Crippen molar-refractivity contribution in [1.29, 1.82) is 0 Å². The van der Waals surface area contributed by atoms with E-state index in [1.165, 1.54) is 12.0 Å². The first-order valence-corrected chi connectivity index (χ1v) is 7.28. The maximum absolute atomic E-state index is 5.33. The summed E-state index contributed by atoms with van der Waals surface area (Å²) in [4.78, 5) is 2.41. The summed E-state index contributed by atoms with van der Waals surface area (Å²) in [6.07, 6.45) is 2.25. The zero-order chi connectivity index (χ0) is 14.5. The van der Waals surface area contributed by atoms with Crippen LogP contribution in [0.15, 0.2) is 18.2 Å². The van der Waals surface area contributed by atoms with E-state index in [2.05, 4.69) is 36.3 Å². The molecule has 1 heterocycles. The normalized spacial score (nSPS) is 23.0. The first-order valence-electron chi connectivity index (χ1n) is 7.28. The van der Waals surface area contributed by atoms with E-state index in [4.69, 9.17) is 9.47 Å². The molecule has 2 atom stereocenters. The summed E-state index contributed by atoms with van der Waals surface area (Å²) in [7, 11) is 5.53. The number of benzene rings is 1. The number of methoxy groups -OCH3 is 2. The molecule has 4 heteroatoms. The van der Waals surface area contributed by atoms with Crippen LogP contribution >= 0.6 is 0 Å². The van der Waals surface area contributed by atoms with E-state index < -0.39 is 0 Å². The molecule has 1 saturated heterocycles. The Bertz CT molecular complexity index is 426. The quantitative estimate of drug-likeness (QED) is 0.862. The number of ether oxygens (including phenoxy) is 2. The number of hydrogen-bond acceptors (Lipinski definition) is 4. The summed E-state index contributed by atoms with van der Waals surface area (Å²) in [6.45, 7) is 4.43. The van der Waals surface area contributed by atoms with Crippen LogP contribution in [0.4, 0.5) is 0 Å². The number of rotatable bonds is 6. The van der Waals surface area contributed by atoms with Crippen LogP contribution in [-0.4, -0.2) is 51.3 Å². The Balaban J connectivity index is 1.82. The molecule has 112 valence electrons. The topological polar surface area (TPSA) is 33.7 Å². The van der Waals surface area contributed by atoms with Crippen LogP contribution in [0.25, 0.3) is 0 Å². The third-order valence-electron chi connectivity index (χ3n) is 4.18. The van der Waals surface area contributed by atoms with E-state index in [-0.39, 0.29) is 0 Å². The van der Waals surface area contributed by atoms with Crippen molar-refractivity contribution in [2.45, 2.75) is 31.8 Å². The lowest BCUT2D eigenvalue weighted by molar-refractivity contribution is 0.327. The molecule has 2 rings (SSSR count). The molecule has 1 aromatic carbocycles. The molecule has 4 nitrogen and oxygen atoms in total. The molecule has 0 bridgehead atoms. The van der Waals surface area contributed by atoms with E-state index in [0.29, 0.717) is 12.1 Å². The van der Waals surface area contributed by atoms with Gasteiger partial charge < -0.3 is 19.7 Å². The molecule has 0 aliphatic carbocycles. The van der Waals surface area contributed by atoms with Crippen molar-refractivity contribution in [3.8, 4) is 11.5 Å². The molecule has 1 fully saturated rings. The van der Waals surface area contributed by atoms with Crippen molar-refractivity contribution >= 4 is 0 Å². The van der Waals surface area contributed by atoms with Gasteiger partial charge in [0.05, 0.1) is 14.2 Å². The Morgan fingerprint density at radius 2 is 2.00 bits per heavy atom. The molecule has 1 N–H and O–H groups in total. The summed E-state index contributed by atoms with van der Waals surface area (Å²) >= 11 is 0. The van der Waals surface area contributed by atoms with E-state index in [9.17, 15) is 0 Å². The molecule has 0 amide bonds. The van der Waals surface area contributed by atoms with Gasteiger partial charge in [0.25, 0.3) is 0 Å². The molecule has 0 spiro atoms. The number of nitrogens with one attached hydrogen (secondary N) is 1. The molecular weight excluding hydrogens is 252 g/mol. The van der Waals surface area contributed by atoms with Crippen LogP contribution in [0, 0.1) is 0 Å². The summed E-state index contributed by atoms with van der Waals surface area (Å²) in [5, 5.41) is 3.64. The smallest absolute Gasteiger partial charge is 0.160 e. The number of hydrogen-bond donors (Lipinski definition) is 1. The highest BCUT2D eigenvalue weighted by molar-refractivity contribution is 5.42. The number of likely N-dealkylation sites (tertiary alicyclic amines) is 1. The highest BCUT2D eigenvalue weighted by Gasteiger charge is 2.25. The maximum Gasteiger partial charge on any atom is 0.160 e. The largest absolute Gasteiger partial charge is 0.493 e. The zero-order valence-electron chi connectivity index (χ0n) is 13.0. The van der Waals surface area contributed by atoms with Crippen molar-refractivity contribution in [1.82, 2.24) is 10.2 Å². The van der Waals surface area contributed by atoms with Crippen molar-refractivity contribution in [3.63, 3.8) is 0 Å². The summed E-state index contributed by atoms with van der Waals surface area (Å²) in [6, 6.07) is 7.44. The van der Waals surface area contributed by atoms with Crippen molar-refractivity contribution in [3.05, 3.63) is 23.8 Å². The fourth-order valence-corrected chi connectivity index (χ4v) is 2.80. The Morgan fingerprint density at radius 3 is 2.60 bits per heavy atom. The predicted octanol–water partition coefficient (Wildman–Crippen LogP) is 1.93. The lowest BCUT2D eigenvalue weighted by Crippen LogP contribution is -2.32. The van der Waals surface area contributed by atoms with Crippen LogP contribution in [-0.2, 0) is 6.42 Å². The Hall–Kier alpha value is -1.26. The van der Waals surface area contributed by atoms with Gasteiger partial charge in [0.1, 0.15) is 0 Å². The molecular formula is C16H26N2O2. The van der Waals surface area contributed by atoms with Gasteiger partial charge in [0.15, 0.2) is 11.5 Å². The lowest BCUT2D eigenvalue weighted by atomic mass is 10.1. The van der Waals surface area contributed by atoms with Crippen LogP contribution in [0.2, 0.25) is 0 Å². The van der Waals surface area contributed by atoms with Crippen LogP contribution < -0.4 is 14.8 Å². The fourth-order valence-electron chi connectivity index (χ4n) is 2.80. The maximum atomic E-state index is 5.33. The third kappa shape index (κ3) is 3.64. The second-order valence-electron chi connectivity index (χ2n) is 5.61. The Morgan fingerprint density at radius 1 is 1.25 bits per heavy atom. The second kappa shape index (κ2) is 6.95. The summed E-state index contributed by atoms with van der Waals surface area (Å²) < 4.78 is 10.6. The van der Waals surface area contributed by atoms with Gasteiger partial charge >= 0.3 is 0 Å². The van der Waals surface area contributed by atoms with E-state index in [1.807, 2.05) is 6.07 Å². The molecule has 1 aromatic rings. The van der Waals surface area contributed by atoms with Gasteiger partial charge in [-0.3, -0.25) is 0 Å². The average Bonchev–Trinajstić information content (AvgIpc) is 2.77. The molecule has 20 heavy (non-hydrogen) atoms. The lowest BCUT2D eigenvalue weighted by Gasteiger charge is -2.14. The Kier molecular flexibility index (Phi) is 5.26. The number of likely N-dealkylation sites (N-methyl/N-ethyl adjacent to an activating group) is 1. The molecule has 0 saturated carbocycles. The molecule has 0 aromatic heterocycles. The van der Waals surface area contributed by atoms with Gasteiger partial charge in [0.2, 0.25) is 0 Å². The van der Waals surface area contributed by atoms with Gasteiger partial charge in [-0.1, -0.05) is 6.07 Å². The van der Waals surface area contributed by atoms with Crippen LogP contribution in [0.1, 0.15) is 18.9 Å². The minimum absolute atomic E-state index is 0.621. The van der Waals surface area contributed by atoms with Crippen molar-refractivity contribution in [2.24, 2.45) is 0 Å². The monoisotopic (exact) mass is 278 g/mol. The van der Waals surface area contributed by atoms with Gasteiger partial charge in [-0.15, -0.1) is 0 Å². The second-order valence-corrected chi connectivity index (χ2v) is 5.61. The average molecular weight is 278 g/mol. The summed E-state index contributed by atoms with van der Waals surface area (Å²) in [5.74, 6) is 1.59. The highest BCUT2D eigenvalue weighted by atomic mass is 16.5. The predicted molar refractivity (Wildman–Crippen MR) is 81.7 cm³/mol. The molecule has 1 aliphatic rings. The van der Waals surface area contributed by atoms with E-state index >= 15 is 0 Å². The fraction of sp³-hybridized carbons (Fsp3) is 0.625. The van der Waals surface area contributed by atoms with Gasteiger partial charge in [-0.2, -0.15) is 0 Å². The standard InChI is InChI=1S/C16H26N2O2/c1-12-9-14(11-18(12)2)17-8-7-13-5-6-15(19-3)16(10-13)20-4/h5-6,10,12,14,17H,7-9,11H2,1-4H3. The first-order chi connectivity index (χ1) is 9.63. The summed E-state index contributed by atoms with van der Waals surface area (Å²) in [5.41, 5.74) is 1.27. The van der Waals surface area contributed by atoms with Crippen LogP contribution in [0.3, 0.4) is 0 Å². The van der Waals surface area contributed by atoms with Gasteiger partial charge in [-0.25, -0.2) is 0 Å². The minimum atomic E-state index is 0.621. The van der Waals surface area contributed by atoms with Gasteiger partial charge in [0, 0.05) is 18.6 Å². The zero-order valence-corrected chi connectivity index (χ0v) is 13.0. The van der Waals surface area contributed by atoms with Crippen molar-refractivity contribution in [2.75, 3.05) is 34.4 Å². The van der Waals surface area contributed by atoms with Gasteiger partial charge in [-0.05, 0) is 51.1 Å². The van der Waals surface area contributed by atoms with E-state index in [0.717, 1.165) is 31.0 Å².